The van der Waals surface area contributed by atoms with Crippen molar-refractivity contribution in [2.24, 2.45) is 0 Å². The number of halogens is 3. The van der Waals surface area contributed by atoms with Crippen molar-refractivity contribution >= 4 is 17.4 Å². The fourth-order valence-corrected chi connectivity index (χ4v) is 3.12. The van der Waals surface area contributed by atoms with Crippen molar-refractivity contribution in [1.29, 1.82) is 0 Å². The average Bonchev–Trinajstić information content (AvgIpc) is 3.21. The topological polar surface area (TPSA) is 56.1 Å². The molecule has 0 radical (unpaired) electrons. The van der Waals surface area contributed by atoms with Gasteiger partial charge in [-0.1, -0.05) is 23.7 Å². The fourth-order valence-electron chi connectivity index (χ4n) is 2.99. The van der Waals surface area contributed by atoms with Gasteiger partial charge in [-0.15, -0.1) is 0 Å². The largest absolute Gasteiger partial charge is 0.378 e. The number of nitrogens with zero attached hydrogens (tertiary/aromatic N) is 5. The second kappa shape index (κ2) is 8.20. The van der Waals surface area contributed by atoms with Gasteiger partial charge in [-0.2, -0.15) is 10.1 Å². The van der Waals surface area contributed by atoms with E-state index in [2.05, 4.69) is 20.0 Å². The summed E-state index contributed by atoms with van der Waals surface area (Å²) in [6.07, 6.45) is -0.629. The molecule has 28 heavy (non-hydrogen) atoms. The third-order valence-electron chi connectivity index (χ3n) is 4.43. The van der Waals surface area contributed by atoms with Crippen LogP contribution in [0.2, 0.25) is 5.02 Å². The van der Waals surface area contributed by atoms with Gasteiger partial charge in [-0.25, -0.2) is 18.4 Å². The van der Waals surface area contributed by atoms with E-state index in [1.807, 2.05) is 30.3 Å². The Kier molecular flexibility index (Phi) is 5.50. The molecule has 2 aromatic heterocycles. The van der Waals surface area contributed by atoms with Gasteiger partial charge in [0.05, 0.1) is 18.9 Å². The summed E-state index contributed by atoms with van der Waals surface area (Å²) in [5.74, 6) is 0.992. The minimum Gasteiger partial charge on any atom is -0.378 e. The Morgan fingerprint density at radius 1 is 1.07 bits per heavy atom. The summed E-state index contributed by atoms with van der Waals surface area (Å²) in [6.45, 7) is 2.64. The molecule has 1 aliphatic rings. The molecule has 9 heteroatoms. The number of hydrogen-bond acceptors (Lipinski definition) is 5. The van der Waals surface area contributed by atoms with Crippen molar-refractivity contribution < 1.29 is 13.5 Å². The predicted octanol–water partition coefficient (Wildman–Crippen LogP) is 3.68. The van der Waals surface area contributed by atoms with Gasteiger partial charge in [-0.3, -0.25) is 0 Å². The van der Waals surface area contributed by atoms with Gasteiger partial charge in [0.15, 0.2) is 0 Å². The van der Waals surface area contributed by atoms with E-state index in [0.717, 1.165) is 17.1 Å². The smallest absolute Gasteiger partial charge is 0.282 e. The molecule has 0 aliphatic carbocycles. The molecule has 6 nitrogen and oxygen atoms in total. The Hall–Kier alpha value is -2.58. The molecule has 0 atom stereocenters. The number of morpholine rings is 1. The van der Waals surface area contributed by atoms with Gasteiger partial charge in [-0.05, 0) is 23.8 Å². The van der Waals surface area contributed by atoms with E-state index in [-0.39, 0.29) is 11.6 Å². The Morgan fingerprint density at radius 3 is 2.50 bits per heavy atom. The second-order valence-electron chi connectivity index (χ2n) is 6.41. The van der Waals surface area contributed by atoms with Crippen LogP contribution in [0.3, 0.4) is 0 Å². The Balaban J connectivity index is 1.70. The molecule has 1 saturated heterocycles. The molecular formula is C19H18ClF2N5O. The molecule has 0 spiro atoms. The molecule has 0 N–H and O–H groups in total. The van der Waals surface area contributed by atoms with Crippen LogP contribution < -0.4 is 4.90 Å². The highest BCUT2D eigenvalue weighted by molar-refractivity contribution is 6.30. The number of rotatable bonds is 5. The molecule has 146 valence electrons. The lowest BCUT2D eigenvalue weighted by Gasteiger charge is -2.28. The first kappa shape index (κ1) is 18.8. The molecule has 1 fully saturated rings. The van der Waals surface area contributed by atoms with E-state index in [0.29, 0.717) is 37.7 Å². The summed E-state index contributed by atoms with van der Waals surface area (Å²) in [7, 11) is 0. The lowest BCUT2D eigenvalue weighted by molar-refractivity contribution is 0.122. The molecule has 0 amide bonds. The summed E-state index contributed by atoms with van der Waals surface area (Å²) in [5.41, 5.74) is 1.50. The lowest BCUT2D eigenvalue weighted by Crippen LogP contribution is -2.37. The predicted molar refractivity (Wildman–Crippen MR) is 101 cm³/mol. The van der Waals surface area contributed by atoms with Gasteiger partial charge in [0, 0.05) is 36.8 Å². The fraction of sp³-hybridized carbons (Fsp3) is 0.316. The van der Waals surface area contributed by atoms with Gasteiger partial charge in [0.25, 0.3) is 12.4 Å². The van der Waals surface area contributed by atoms with Gasteiger partial charge >= 0.3 is 0 Å². The molecule has 3 aromatic rings. The normalized spacial score (nSPS) is 14.6. The van der Waals surface area contributed by atoms with Crippen LogP contribution in [-0.2, 0) is 11.2 Å². The van der Waals surface area contributed by atoms with Crippen LogP contribution in [0.5, 0.6) is 0 Å². The van der Waals surface area contributed by atoms with Gasteiger partial charge in [0.2, 0.25) is 0 Å². The maximum atomic E-state index is 12.9. The Morgan fingerprint density at radius 2 is 1.82 bits per heavy atom. The molecule has 3 heterocycles. The van der Waals surface area contributed by atoms with E-state index in [1.165, 1.54) is 16.9 Å². The molecule has 0 saturated carbocycles. The zero-order valence-corrected chi connectivity index (χ0v) is 15.7. The number of aromatic nitrogens is 4. The monoisotopic (exact) mass is 405 g/mol. The minimum atomic E-state index is -2.64. The van der Waals surface area contributed by atoms with Crippen LogP contribution in [0.1, 0.15) is 23.4 Å². The molecule has 1 aliphatic heterocycles. The Bertz CT molecular complexity index is 942. The zero-order valence-electron chi connectivity index (χ0n) is 14.9. The second-order valence-corrected chi connectivity index (χ2v) is 6.84. The zero-order chi connectivity index (χ0) is 19.5. The summed E-state index contributed by atoms with van der Waals surface area (Å²) in [5, 5.41) is 4.57. The third-order valence-corrected chi connectivity index (χ3v) is 4.68. The average molecular weight is 406 g/mol. The SMILES string of the molecule is FC(F)c1ccn(-c2nc(Cc3ccc(Cl)cc3)cc(N3CCOCC3)n2)n1. The Labute approximate surface area is 165 Å². The van der Waals surface area contributed by atoms with Crippen LogP contribution in [0.15, 0.2) is 42.6 Å². The first-order chi connectivity index (χ1) is 13.6. The number of hydrogen-bond donors (Lipinski definition) is 0. The number of alkyl halides is 2. The number of anilines is 1. The van der Waals surface area contributed by atoms with Crippen molar-refractivity contribution in [3.05, 3.63) is 64.6 Å². The first-order valence-electron chi connectivity index (χ1n) is 8.88. The van der Waals surface area contributed by atoms with E-state index in [4.69, 9.17) is 16.3 Å². The summed E-state index contributed by atoms with van der Waals surface area (Å²) in [4.78, 5) is 11.2. The van der Waals surface area contributed by atoms with Crippen molar-refractivity contribution in [1.82, 2.24) is 19.7 Å². The first-order valence-corrected chi connectivity index (χ1v) is 9.25. The van der Waals surface area contributed by atoms with Crippen molar-refractivity contribution in [2.75, 3.05) is 31.2 Å². The highest BCUT2D eigenvalue weighted by atomic mass is 35.5. The van der Waals surface area contributed by atoms with Crippen molar-refractivity contribution in [2.45, 2.75) is 12.8 Å². The van der Waals surface area contributed by atoms with Crippen molar-refractivity contribution in [3.63, 3.8) is 0 Å². The lowest BCUT2D eigenvalue weighted by atomic mass is 10.1. The number of ether oxygens (including phenoxy) is 1. The van der Waals surface area contributed by atoms with E-state index in [9.17, 15) is 8.78 Å². The van der Waals surface area contributed by atoms with Crippen LogP contribution in [0.4, 0.5) is 14.6 Å². The van der Waals surface area contributed by atoms with Gasteiger partial charge in [0.1, 0.15) is 11.5 Å². The number of benzene rings is 1. The van der Waals surface area contributed by atoms with Crippen molar-refractivity contribution in [3.8, 4) is 5.95 Å². The molecule has 1 aromatic carbocycles. The van der Waals surface area contributed by atoms with E-state index in [1.54, 1.807) is 0 Å². The highest BCUT2D eigenvalue weighted by Crippen LogP contribution is 2.21. The van der Waals surface area contributed by atoms with Gasteiger partial charge < -0.3 is 9.64 Å². The molecule has 0 unspecified atom stereocenters. The quantitative estimate of drug-likeness (QED) is 0.648. The van der Waals surface area contributed by atoms with Crippen LogP contribution in [-0.4, -0.2) is 46.1 Å². The summed E-state index contributed by atoms with van der Waals surface area (Å²) >= 11 is 5.96. The van der Waals surface area contributed by atoms with Crippen LogP contribution in [0.25, 0.3) is 5.95 Å². The maximum Gasteiger partial charge on any atom is 0.282 e. The minimum absolute atomic E-state index is 0.264. The standard InChI is InChI=1S/C19H18ClF2N5O/c20-14-3-1-13(2-4-14)11-15-12-17(26-7-9-28-10-8-26)24-19(23-15)27-6-5-16(25-27)18(21)22/h1-6,12,18H,7-11H2. The van der Waals surface area contributed by atoms with E-state index < -0.39 is 6.43 Å². The van der Waals surface area contributed by atoms with Crippen LogP contribution in [0, 0.1) is 0 Å². The highest BCUT2D eigenvalue weighted by Gasteiger charge is 2.18. The third kappa shape index (κ3) is 4.28. The maximum absolute atomic E-state index is 12.9. The summed E-state index contributed by atoms with van der Waals surface area (Å²) < 4.78 is 32.5. The van der Waals surface area contributed by atoms with E-state index >= 15 is 0 Å². The summed E-state index contributed by atoms with van der Waals surface area (Å²) in [6, 6.07) is 10.7. The molecule has 4 rings (SSSR count). The van der Waals surface area contributed by atoms with Crippen LogP contribution >= 0.6 is 11.6 Å². The molecule has 0 bridgehead atoms. The molecular weight excluding hydrogens is 388 g/mol.